The second-order valence-electron chi connectivity index (χ2n) is 4.91. The summed E-state index contributed by atoms with van der Waals surface area (Å²) < 4.78 is 0. The summed E-state index contributed by atoms with van der Waals surface area (Å²) in [4.78, 5) is 16.4. The molecule has 2 nitrogen and oxygen atoms in total. The van der Waals surface area contributed by atoms with Crippen molar-refractivity contribution in [2.24, 2.45) is 0 Å². The standard InChI is InChI=1S/C16H23NO/c1-5-6-7-8-9-13(3)16(18)15-11-12(2)10-14(4)17-15/h10-11H,3,5-9H2,1-2,4H3. The molecule has 0 saturated carbocycles. The summed E-state index contributed by atoms with van der Waals surface area (Å²) in [6, 6.07) is 3.81. The van der Waals surface area contributed by atoms with E-state index in [1.54, 1.807) is 0 Å². The van der Waals surface area contributed by atoms with Gasteiger partial charge in [-0.05, 0) is 50.0 Å². The van der Waals surface area contributed by atoms with Crippen molar-refractivity contribution < 1.29 is 4.79 Å². The molecule has 2 heteroatoms. The van der Waals surface area contributed by atoms with E-state index in [1.165, 1.54) is 19.3 Å². The quantitative estimate of drug-likeness (QED) is 0.404. The Kier molecular flexibility index (Phi) is 5.76. The van der Waals surface area contributed by atoms with Crippen LogP contribution in [0.2, 0.25) is 0 Å². The first-order valence-corrected chi connectivity index (χ1v) is 6.72. The Morgan fingerprint density at radius 2 is 1.94 bits per heavy atom. The molecule has 1 aromatic heterocycles. The monoisotopic (exact) mass is 245 g/mol. The average molecular weight is 245 g/mol. The Bertz CT molecular complexity index is 414. The van der Waals surface area contributed by atoms with Gasteiger partial charge in [0.25, 0.3) is 0 Å². The van der Waals surface area contributed by atoms with Crippen LogP contribution in [0.3, 0.4) is 0 Å². The summed E-state index contributed by atoms with van der Waals surface area (Å²) in [6.07, 6.45) is 5.43. The number of ketones is 1. The number of Topliss-reactive ketones (excluding diaryl/α,β-unsaturated/α-hetero) is 1. The highest BCUT2D eigenvalue weighted by molar-refractivity contribution is 6.07. The summed E-state index contributed by atoms with van der Waals surface area (Å²) in [5.41, 5.74) is 3.18. The summed E-state index contributed by atoms with van der Waals surface area (Å²) in [7, 11) is 0. The second-order valence-corrected chi connectivity index (χ2v) is 4.91. The summed E-state index contributed by atoms with van der Waals surface area (Å²) in [5, 5.41) is 0. The van der Waals surface area contributed by atoms with Gasteiger partial charge < -0.3 is 0 Å². The van der Waals surface area contributed by atoms with E-state index in [9.17, 15) is 4.79 Å². The molecule has 98 valence electrons. The summed E-state index contributed by atoms with van der Waals surface area (Å²) in [6.45, 7) is 9.97. The number of aromatic nitrogens is 1. The highest BCUT2D eigenvalue weighted by Crippen LogP contribution is 2.14. The van der Waals surface area contributed by atoms with Crippen LogP contribution in [0.5, 0.6) is 0 Å². The molecule has 0 aliphatic carbocycles. The number of rotatable bonds is 7. The molecule has 0 radical (unpaired) electrons. The van der Waals surface area contributed by atoms with Gasteiger partial charge in [-0.25, -0.2) is 4.98 Å². The lowest BCUT2D eigenvalue weighted by atomic mass is 10.0. The van der Waals surface area contributed by atoms with E-state index in [-0.39, 0.29) is 5.78 Å². The molecule has 0 fully saturated rings. The molecule has 0 unspecified atom stereocenters. The maximum Gasteiger partial charge on any atom is 0.206 e. The number of carbonyl (C=O) groups excluding carboxylic acids is 1. The zero-order valence-electron chi connectivity index (χ0n) is 11.8. The smallest absolute Gasteiger partial charge is 0.206 e. The third-order valence-corrected chi connectivity index (χ3v) is 2.98. The SMILES string of the molecule is C=C(CCCCCC)C(=O)c1cc(C)cc(C)n1. The van der Waals surface area contributed by atoms with Gasteiger partial charge >= 0.3 is 0 Å². The highest BCUT2D eigenvalue weighted by atomic mass is 16.1. The van der Waals surface area contributed by atoms with Crippen molar-refractivity contribution in [3.05, 3.63) is 41.2 Å². The van der Waals surface area contributed by atoms with Crippen molar-refractivity contribution >= 4 is 5.78 Å². The summed E-state index contributed by atoms with van der Waals surface area (Å²) in [5.74, 6) is -0.00158. The first kappa shape index (κ1) is 14.6. The number of hydrogen-bond acceptors (Lipinski definition) is 2. The van der Waals surface area contributed by atoms with E-state index in [2.05, 4.69) is 18.5 Å². The van der Waals surface area contributed by atoms with Gasteiger partial charge in [-0.3, -0.25) is 4.79 Å². The van der Waals surface area contributed by atoms with E-state index in [0.717, 1.165) is 24.1 Å². The van der Waals surface area contributed by atoms with Crippen molar-refractivity contribution in [1.29, 1.82) is 0 Å². The fourth-order valence-corrected chi connectivity index (χ4v) is 2.02. The largest absolute Gasteiger partial charge is 0.287 e. The van der Waals surface area contributed by atoms with Crippen molar-refractivity contribution in [1.82, 2.24) is 4.98 Å². The molecule has 0 bridgehead atoms. The van der Waals surface area contributed by atoms with Crippen molar-refractivity contribution in [2.45, 2.75) is 52.9 Å². The van der Waals surface area contributed by atoms with Gasteiger partial charge in [-0.1, -0.05) is 32.8 Å². The predicted octanol–water partition coefficient (Wildman–Crippen LogP) is 4.41. The van der Waals surface area contributed by atoms with E-state index in [4.69, 9.17) is 0 Å². The van der Waals surface area contributed by atoms with Crippen molar-refractivity contribution in [3.63, 3.8) is 0 Å². The average Bonchev–Trinajstić information content (AvgIpc) is 2.32. The number of aryl methyl sites for hydroxylation is 2. The van der Waals surface area contributed by atoms with Gasteiger partial charge in [0.2, 0.25) is 5.78 Å². The molecule has 0 atom stereocenters. The number of pyridine rings is 1. The second kappa shape index (κ2) is 7.10. The molecule has 0 spiro atoms. The van der Waals surface area contributed by atoms with Crippen LogP contribution in [0.25, 0.3) is 0 Å². The molecular weight excluding hydrogens is 222 g/mol. The van der Waals surface area contributed by atoms with Crippen LogP contribution >= 0.6 is 0 Å². The molecule has 1 heterocycles. The van der Waals surface area contributed by atoms with Crippen LogP contribution in [0, 0.1) is 13.8 Å². The lowest BCUT2D eigenvalue weighted by Gasteiger charge is -2.06. The van der Waals surface area contributed by atoms with Crippen LogP contribution in [-0.4, -0.2) is 10.8 Å². The zero-order chi connectivity index (χ0) is 13.5. The van der Waals surface area contributed by atoms with Gasteiger partial charge in [-0.15, -0.1) is 0 Å². The Labute approximate surface area is 110 Å². The minimum absolute atomic E-state index is 0.00158. The molecule has 0 aliphatic heterocycles. The number of allylic oxidation sites excluding steroid dienone is 1. The fraction of sp³-hybridized carbons (Fsp3) is 0.500. The Balaban J connectivity index is 2.60. The predicted molar refractivity (Wildman–Crippen MR) is 75.9 cm³/mol. The third-order valence-electron chi connectivity index (χ3n) is 2.98. The van der Waals surface area contributed by atoms with Gasteiger partial charge in [0.1, 0.15) is 5.69 Å². The molecule has 18 heavy (non-hydrogen) atoms. The third kappa shape index (κ3) is 4.44. The number of unbranched alkanes of at least 4 members (excludes halogenated alkanes) is 3. The minimum atomic E-state index is -0.00158. The topological polar surface area (TPSA) is 30.0 Å². The van der Waals surface area contributed by atoms with Gasteiger partial charge in [0.15, 0.2) is 0 Å². The van der Waals surface area contributed by atoms with Crippen LogP contribution in [0.15, 0.2) is 24.3 Å². The van der Waals surface area contributed by atoms with E-state index in [0.29, 0.717) is 11.3 Å². The first-order valence-electron chi connectivity index (χ1n) is 6.72. The highest BCUT2D eigenvalue weighted by Gasteiger charge is 2.12. The fourth-order valence-electron chi connectivity index (χ4n) is 2.02. The summed E-state index contributed by atoms with van der Waals surface area (Å²) >= 11 is 0. The molecule has 1 aromatic rings. The first-order chi connectivity index (χ1) is 8.54. The van der Waals surface area contributed by atoms with Gasteiger partial charge in [0, 0.05) is 5.69 Å². The maximum atomic E-state index is 12.2. The van der Waals surface area contributed by atoms with Gasteiger partial charge in [0.05, 0.1) is 0 Å². The van der Waals surface area contributed by atoms with Gasteiger partial charge in [-0.2, -0.15) is 0 Å². The molecular formula is C16H23NO. The molecule has 0 aliphatic rings. The number of nitrogens with zero attached hydrogens (tertiary/aromatic N) is 1. The van der Waals surface area contributed by atoms with Crippen LogP contribution in [0.4, 0.5) is 0 Å². The lowest BCUT2D eigenvalue weighted by Crippen LogP contribution is -2.06. The zero-order valence-corrected chi connectivity index (χ0v) is 11.8. The van der Waals surface area contributed by atoms with Crippen LogP contribution in [0.1, 0.15) is 60.8 Å². The number of hydrogen-bond donors (Lipinski definition) is 0. The molecule has 0 amide bonds. The molecule has 1 rings (SSSR count). The van der Waals surface area contributed by atoms with Crippen LogP contribution in [-0.2, 0) is 0 Å². The minimum Gasteiger partial charge on any atom is -0.287 e. The van der Waals surface area contributed by atoms with Crippen molar-refractivity contribution in [2.75, 3.05) is 0 Å². The molecule has 0 saturated heterocycles. The molecule has 0 N–H and O–H groups in total. The Morgan fingerprint density at radius 1 is 1.22 bits per heavy atom. The van der Waals surface area contributed by atoms with E-state index < -0.39 is 0 Å². The normalized spacial score (nSPS) is 10.4. The lowest BCUT2D eigenvalue weighted by molar-refractivity contribution is 0.102. The Hall–Kier alpha value is -1.44. The van der Waals surface area contributed by atoms with E-state index >= 15 is 0 Å². The van der Waals surface area contributed by atoms with Crippen LogP contribution < -0.4 is 0 Å². The Morgan fingerprint density at radius 3 is 2.56 bits per heavy atom. The number of carbonyl (C=O) groups is 1. The maximum absolute atomic E-state index is 12.2. The van der Waals surface area contributed by atoms with Crippen molar-refractivity contribution in [3.8, 4) is 0 Å². The van der Waals surface area contributed by atoms with E-state index in [1.807, 2.05) is 26.0 Å². The molecule has 0 aromatic carbocycles.